The van der Waals surface area contributed by atoms with E-state index >= 15 is 0 Å². The van der Waals surface area contributed by atoms with Gasteiger partial charge in [0.15, 0.2) is 5.76 Å². The van der Waals surface area contributed by atoms with Crippen LogP contribution in [-0.4, -0.2) is 79.1 Å². The number of amides is 2. The minimum absolute atomic E-state index is 0.0632. The number of furan rings is 1. The van der Waals surface area contributed by atoms with Crippen molar-refractivity contribution in [2.45, 2.75) is 0 Å². The predicted octanol–water partition coefficient (Wildman–Crippen LogP) is 1.11. The van der Waals surface area contributed by atoms with E-state index in [1.807, 2.05) is 12.1 Å². The molecular weight excluding hydrogens is 348 g/mol. The second-order valence-corrected chi connectivity index (χ2v) is 6.56. The summed E-state index contributed by atoms with van der Waals surface area (Å²) in [7, 11) is 0. The van der Waals surface area contributed by atoms with Crippen molar-refractivity contribution in [3.8, 4) is 0 Å². The van der Waals surface area contributed by atoms with Crippen LogP contribution in [-0.2, 0) is 4.74 Å². The number of anilines is 1. The summed E-state index contributed by atoms with van der Waals surface area (Å²) in [5, 5.41) is 0. The van der Waals surface area contributed by atoms with Crippen molar-refractivity contribution in [2.75, 3.05) is 57.4 Å². The molecule has 0 aromatic carbocycles. The van der Waals surface area contributed by atoms with Crippen molar-refractivity contribution in [3.05, 3.63) is 48.2 Å². The molecule has 2 aliphatic rings. The fourth-order valence-corrected chi connectivity index (χ4v) is 3.39. The number of aromatic nitrogens is 1. The van der Waals surface area contributed by atoms with Crippen LogP contribution in [0.3, 0.4) is 0 Å². The number of carbonyl (C=O) groups is 2. The van der Waals surface area contributed by atoms with Crippen LogP contribution in [0.5, 0.6) is 0 Å². The van der Waals surface area contributed by atoms with E-state index in [9.17, 15) is 9.59 Å². The van der Waals surface area contributed by atoms with E-state index in [0.29, 0.717) is 63.9 Å². The number of hydrogen-bond acceptors (Lipinski definition) is 6. The molecule has 0 radical (unpaired) electrons. The highest BCUT2D eigenvalue weighted by atomic mass is 16.5. The molecule has 0 bridgehead atoms. The molecule has 2 fully saturated rings. The number of nitrogens with zero attached hydrogens (tertiary/aromatic N) is 4. The number of morpholine rings is 1. The van der Waals surface area contributed by atoms with Crippen LogP contribution < -0.4 is 4.90 Å². The summed E-state index contributed by atoms with van der Waals surface area (Å²) in [6.07, 6.45) is 3.18. The Morgan fingerprint density at radius 1 is 0.926 bits per heavy atom. The minimum atomic E-state index is -0.0856. The maximum Gasteiger partial charge on any atom is 0.289 e. The summed E-state index contributed by atoms with van der Waals surface area (Å²) in [6.45, 7) is 4.93. The van der Waals surface area contributed by atoms with Crippen LogP contribution in [0, 0.1) is 0 Å². The Bertz CT molecular complexity index is 794. The molecule has 4 rings (SSSR count). The highest BCUT2D eigenvalue weighted by Gasteiger charge is 2.25. The summed E-state index contributed by atoms with van der Waals surface area (Å²) in [5.41, 5.74) is 1.40. The van der Waals surface area contributed by atoms with Crippen LogP contribution in [0.2, 0.25) is 0 Å². The van der Waals surface area contributed by atoms with Gasteiger partial charge < -0.3 is 23.9 Å². The van der Waals surface area contributed by atoms with E-state index in [1.54, 1.807) is 28.1 Å². The zero-order chi connectivity index (χ0) is 18.6. The Balaban J connectivity index is 1.40. The second kappa shape index (κ2) is 7.79. The number of hydrogen-bond donors (Lipinski definition) is 0. The number of ether oxygens (including phenoxy) is 1. The van der Waals surface area contributed by atoms with Crippen molar-refractivity contribution in [1.82, 2.24) is 14.8 Å². The van der Waals surface area contributed by atoms with Crippen LogP contribution in [0.15, 0.2) is 41.1 Å². The molecule has 4 heterocycles. The molecule has 0 spiro atoms. The maximum absolute atomic E-state index is 12.6. The van der Waals surface area contributed by atoms with Crippen LogP contribution >= 0.6 is 0 Å². The monoisotopic (exact) mass is 370 g/mol. The van der Waals surface area contributed by atoms with Gasteiger partial charge in [-0.2, -0.15) is 0 Å². The molecule has 0 saturated carbocycles. The van der Waals surface area contributed by atoms with Gasteiger partial charge in [-0.1, -0.05) is 0 Å². The smallest absolute Gasteiger partial charge is 0.289 e. The third kappa shape index (κ3) is 3.80. The lowest BCUT2D eigenvalue weighted by atomic mass is 10.2. The summed E-state index contributed by atoms with van der Waals surface area (Å²) < 4.78 is 10.5. The maximum atomic E-state index is 12.6. The Hall–Kier alpha value is -2.87. The average Bonchev–Trinajstić information content (AvgIpc) is 3.28. The first kappa shape index (κ1) is 17.5. The number of rotatable bonds is 3. The molecule has 0 aliphatic carbocycles. The normalized spacial score (nSPS) is 17.9. The first-order valence-corrected chi connectivity index (χ1v) is 9.13. The molecule has 2 saturated heterocycles. The van der Waals surface area contributed by atoms with Crippen molar-refractivity contribution in [2.24, 2.45) is 0 Å². The quantitative estimate of drug-likeness (QED) is 0.805. The largest absolute Gasteiger partial charge is 0.459 e. The number of pyridine rings is 1. The van der Waals surface area contributed by atoms with Gasteiger partial charge in [0.25, 0.3) is 11.8 Å². The van der Waals surface area contributed by atoms with E-state index < -0.39 is 0 Å². The van der Waals surface area contributed by atoms with Gasteiger partial charge in [0.05, 0.1) is 19.5 Å². The Morgan fingerprint density at radius 3 is 2.37 bits per heavy atom. The molecule has 0 unspecified atom stereocenters. The lowest BCUT2D eigenvalue weighted by Crippen LogP contribution is -2.48. The highest BCUT2D eigenvalue weighted by Crippen LogP contribution is 2.19. The summed E-state index contributed by atoms with van der Waals surface area (Å²) in [5.74, 6) is 0.218. The minimum Gasteiger partial charge on any atom is -0.459 e. The third-order valence-corrected chi connectivity index (χ3v) is 4.92. The zero-order valence-corrected chi connectivity index (χ0v) is 15.0. The van der Waals surface area contributed by atoms with Gasteiger partial charge in [0.2, 0.25) is 0 Å². The molecule has 2 aromatic heterocycles. The fourth-order valence-electron chi connectivity index (χ4n) is 3.39. The van der Waals surface area contributed by atoms with E-state index in [-0.39, 0.29) is 11.8 Å². The molecule has 2 aromatic rings. The highest BCUT2D eigenvalue weighted by molar-refractivity contribution is 5.93. The molecule has 0 N–H and O–H groups in total. The molecule has 2 aliphatic heterocycles. The molecule has 8 heteroatoms. The zero-order valence-electron chi connectivity index (χ0n) is 15.0. The van der Waals surface area contributed by atoms with Crippen molar-refractivity contribution in [1.29, 1.82) is 0 Å². The van der Waals surface area contributed by atoms with E-state index in [0.717, 1.165) is 5.69 Å². The second-order valence-electron chi connectivity index (χ2n) is 6.56. The SMILES string of the molecule is O=C(c1cc(N2CCN(C(=O)c3ccco3)CC2)ccn1)N1CCOCC1. The topological polar surface area (TPSA) is 79.1 Å². The lowest BCUT2D eigenvalue weighted by Gasteiger charge is -2.35. The van der Waals surface area contributed by atoms with Gasteiger partial charge in [-0.25, -0.2) is 0 Å². The summed E-state index contributed by atoms with van der Waals surface area (Å²) >= 11 is 0. The van der Waals surface area contributed by atoms with Crippen molar-refractivity contribution in [3.63, 3.8) is 0 Å². The summed E-state index contributed by atoms with van der Waals surface area (Å²) in [6, 6.07) is 7.14. The lowest BCUT2D eigenvalue weighted by molar-refractivity contribution is 0.0299. The molecule has 0 atom stereocenters. The van der Waals surface area contributed by atoms with E-state index in [2.05, 4.69) is 9.88 Å². The Labute approximate surface area is 157 Å². The van der Waals surface area contributed by atoms with Crippen LogP contribution in [0.4, 0.5) is 5.69 Å². The fraction of sp³-hybridized carbons (Fsp3) is 0.421. The van der Waals surface area contributed by atoms with Crippen LogP contribution in [0.1, 0.15) is 21.0 Å². The Morgan fingerprint density at radius 2 is 1.67 bits per heavy atom. The van der Waals surface area contributed by atoms with E-state index in [1.165, 1.54) is 6.26 Å². The average molecular weight is 370 g/mol. The molecule has 2 amide bonds. The van der Waals surface area contributed by atoms with Gasteiger partial charge >= 0.3 is 0 Å². The van der Waals surface area contributed by atoms with Gasteiger partial charge in [-0.05, 0) is 24.3 Å². The first-order valence-electron chi connectivity index (χ1n) is 9.13. The van der Waals surface area contributed by atoms with Crippen molar-refractivity contribution >= 4 is 17.5 Å². The number of carbonyl (C=O) groups excluding carboxylic acids is 2. The van der Waals surface area contributed by atoms with Gasteiger partial charge in [-0.15, -0.1) is 0 Å². The first-order chi connectivity index (χ1) is 13.2. The van der Waals surface area contributed by atoms with Crippen molar-refractivity contribution < 1.29 is 18.7 Å². The van der Waals surface area contributed by atoms with Crippen LogP contribution in [0.25, 0.3) is 0 Å². The van der Waals surface area contributed by atoms with E-state index in [4.69, 9.17) is 9.15 Å². The molecular formula is C19H22N4O4. The van der Waals surface area contributed by atoms with Gasteiger partial charge in [0.1, 0.15) is 5.69 Å². The predicted molar refractivity (Wildman–Crippen MR) is 97.8 cm³/mol. The standard InChI is InChI=1S/C19H22N4O4/c24-18(23-9-12-26-13-10-23)16-14-15(3-4-20-16)21-5-7-22(8-6-21)19(25)17-2-1-11-27-17/h1-4,11,14H,5-10,12-13H2. The molecule has 27 heavy (non-hydrogen) atoms. The Kier molecular flexibility index (Phi) is 5.06. The molecule has 142 valence electrons. The van der Waals surface area contributed by atoms with Gasteiger partial charge in [-0.3, -0.25) is 14.6 Å². The number of piperazine rings is 1. The molecule has 8 nitrogen and oxygen atoms in total. The third-order valence-electron chi connectivity index (χ3n) is 4.92. The van der Waals surface area contributed by atoms with Gasteiger partial charge in [0, 0.05) is 51.2 Å². The summed E-state index contributed by atoms with van der Waals surface area (Å²) in [4.78, 5) is 35.0.